The molecule has 0 saturated carbocycles. The second-order valence-electron chi connectivity index (χ2n) is 7.85. The Bertz CT molecular complexity index is 1120. The van der Waals surface area contributed by atoms with Crippen molar-refractivity contribution in [1.29, 1.82) is 0 Å². The Morgan fingerprint density at radius 2 is 1.71 bits per heavy atom. The molecule has 192 valence electrons. The maximum absolute atomic E-state index is 13.2. The van der Waals surface area contributed by atoms with Crippen molar-refractivity contribution < 1.29 is 22.7 Å². The first kappa shape index (κ1) is 28.7. The Morgan fingerprint density at radius 1 is 1.09 bits per heavy atom. The van der Waals surface area contributed by atoms with Gasteiger partial charge in [0.1, 0.15) is 11.8 Å². The van der Waals surface area contributed by atoms with Crippen LogP contribution in [-0.4, -0.2) is 57.6 Å². The number of sulfonamides is 1. The number of likely N-dealkylation sites (N-methyl/N-ethyl adjacent to an activating group) is 1. The van der Waals surface area contributed by atoms with Gasteiger partial charge in [-0.05, 0) is 44.5 Å². The fourth-order valence-electron chi connectivity index (χ4n) is 3.57. The number of amides is 2. The van der Waals surface area contributed by atoms with Crippen LogP contribution in [0.4, 0.5) is 5.69 Å². The zero-order valence-electron chi connectivity index (χ0n) is 20.3. The van der Waals surface area contributed by atoms with E-state index in [1.54, 1.807) is 49.4 Å². The minimum absolute atomic E-state index is 0.00618. The van der Waals surface area contributed by atoms with E-state index in [1.165, 1.54) is 16.3 Å². The van der Waals surface area contributed by atoms with E-state index in [1.807, 2.05) is 6.92 Å². The number of nitrogens with one attached hydrogen (secondary N) is 1. The molecule has 0 unspecified atom stereocenters. The molecule has 0 heterocycles. The molecule has 0 aliphatic carbocycles. The zero-order chi connectivity index (χ0) is 26.2. The number of ether oxygens (including phenoxy) is 1. The van der Waals surface area contributed by atoms with Gasteiger partial charge in [0.05, 0.1) is 18.6 Å². The number of benzene rings is 2. The van der Waals surface area contributed by atoms with E-state index in [4.69, 9.17) is 27.9 Å². The molecule has 0 aliphatic heterocycles. The van der Waals surface area contributed by atoms with Crippen LogP contribution in [0.3, 0.4) is 0 Å². The van der Waals surface area contributed by atoms with Gasteiger partial charge in [-0.1, -0.05) is 41.4 Å². The van der Waals surface area contributed by atoms with Crippen molar-refractivity contribution in [2.75, 3.05) is 30.8 Å². The van der Waals surface area contributed by atoms with Gasteiger partial charge in [0.15, 0.2) is 0 Å². The lowest BCUT2D eigenvalue weighted by Crippen LogP contribution is -2.47. The normalized spacial score (nSPS) is 12.1. The lowest BCUT2D eigenvalue weighted by Gasteiger charge is -2.30. The minimum Gasteiger partial charge on any atom is -0.492 e. The molecule has 1 atom stereocenters. The van der Waals surface area contributed by atoms with E-state index in [0.29, 0.717) is 33.7 Å². The van der Waals surface area contributed by atoms with E-state index in [0.717, 1.165) is 6.26 Å². The second-order valence-corrected chi connectivity index (χ2v) is 10.6. The first-order valence-corrected chi connectivity index (χ1v) is 13.7. The van der Waals surface area contributed by atoms with Gasteiger partial charge >= 0.3 is 0 Å². The summed E-state index contributed by atoms with van der Waals surface area (Å²) in [6.45, 7) is 3.90. The number of nitrogens with zero attached hydrogens (tertiary/aromatic N) is 2. The van der Waals surface area contributed by atoms with E-state index in [2.05, 4.69) is 5.32 Å². The van der Waals surface area contributed by atoms with Crippen molar-refractivity contribution in [2.24, 2.45) is 0 Å². The molecule has 0 bridgehead atoms. The average Bonchev–Trinajstić information content (AvgIpc) is 2.80. The van der Waals surface area contributed by atoms with Gasteiger partial charge in [0, 0.05) is 42.2 Å². The van der Waals surface area contributed by atoms with Crippen LogP contribution in [0.25, 0.3) is 0 Å². The molecule has 11 heteroatoms. The quantitative estimate of drug-likeness (QED) is 0.434. The molecule has 0 fully saturated rings. The minimum atomic E-state index is -3.64. The molecule has 0 spiro atoms. The Balaban J connectivity index is 2.23. The van der Waals surface area contributed by atoms with Crippen molar-refractivity contribution in [2.45, 2.75) is 39.3 Å². The Hall–Kier alpha value is -2.49. The smallest absolute Gasteiger partial charge is 0.242 e. The summed E-state index contributed by atoms with van der Waals surface area (Å²) in [5, 5.41) is 3.32. The Kier molecular flexibility index (Phi) is 10.7. The molecule has 0 radical (unpaired) electrons. The van der Waals surface area contributed by atoms with Gasteiger partial charge in [0.25, 0.3) is 0 Å². The molecule has 0 aromatic heterocycles. The average molecular weight is 545 g/mol. The molecule has 2 amide bonds. The van der Waals surface area contributed by atoms with E-state index in [9.17, 15) is 18.0 Å². The van der Waals surface area contributed by atoms with Gasteiger partial charge < -0.3 is 15.0 Å². The van der Waals surface area contributed by atoms with Gasteiger partial charge in [-0.3, -0.25) is 13.9 Å². The van der Waals surface area contributed by atoms with Crippen molar-refractivity contribution in [3.63, 3.8) is 0 Å². The lowest BCUT2D eigenvalue weighted by atomic mass is 10.1. The third-order valence-electron chi connectivity index (χ3n) is 5.39. The maximum Gasteiger partial charge on any atom is 0.242 e. The third kappa shape index (κ3) is 7.75. The van der Waals surface area contributed by atoms with Crippen LogP contribution in [0.5, 0.6) is 5.75 Å². The Morgan fingerprint density at radius 3 is 2.29 bits per heavy atom. The summed E-state index contributed by atoms with van der Waals surface area (Å²) >= 11 is 12.6. The van der Waals surface area contributed by atoms with Crippen molar-refractivity contribution in [3.8, 4) is 5.75 Å². The van der Waals surface area contributed by atoms with Gasteiger partial charge in [-0.25, -0.2) is 8.42 Å². The highest BCUT2D eigenvalue weighted by Crippen LogP contribution is 2.30. The van der Waals surface area contributed by atoms with E-state index < -0.39 is 16.1 Å². The van der Waals surface area contributed by atoms with E-state index >= 15 is 0 Å². The molecule has 1 N–H and O–H groups in total. The molecule has 8 nitrogen and oxygen atoms in total. The van der Waals surface area contributed by atoms with Crippen LogP contribution in [0.1, 0.15) is 32.3 Å². The first-order chi connectivity index (χ1) is 16.5. The number of carbonyl (C=O) groups is 2. The van der Waals surface area contributed by atoms with Crippen LogP contribution < -0.4 is 14.4 Å². The van der Waals surface area contributed by atoms with Gasteiger partial charge in [0.2, 0.25) is 21.8 Å². The summed E-state index contributed by atoms with van der Waals surface area (Å²) in [5.41, 5.74) is 0.936. The number of rotatable bonds is 12. The molecule has 2 rings (SSSR count). The summed E-state index contributed by atoms with van der Waals surface area (Å²) in [6.07, 6.45) is 1.34. The lowest BCUT2D eigenvalue weighted by molar-refractivity contribution is -0.140. The predicted molar refractivity (Wildman–Crippen MR) is 140 cm³/mol. The summed E-state index contributed by atoms with van der Waals surface area (Å²) in [6, 6.07) is 11.1. The highest BCUT2D eigenvalue weighted by molar-refractivity contribution is 7.92. The Labute approximate surface area is 217 Å². The van der Waals surface area contributed by atoms with E-state index in [-0.39, 0.29) is 37.7 Å². The fraction of sp³-hybridized carbons (Fsp3) is 0.417. The SMILES string of the molecule is CCOc1ccccc1N(CCCC(=O)N(Cc1c(Cl)cccc1Cl)[C@@H](C)C(=O)NC)S(C)(=O)=O. The van der Waals surface area contributed by atoms with Crippen LogP contribution >= 0.6 is 23.2 Å². The standard InChI is InChI=1S/C24H31Cl2N3O5S/c1-5-34-22-13-7-6-12-21(22)29(35(4,32)33)15-9-14-23(30)28(17(2)24(31)27-3)16-18-19(25)10-8-11-20(18)26/h6-8,10-13,17H,5,9,14-16H2,1-4H3,(H,27,31)/t17-/m0/s1. The number of hydrogen-bond donors (Lipinski definition) is 1. The number of carbonyl (C=O) groups excluding carboxylic acids is 2. The van der Waals surface area contributed by atoms with Gasteiger partial charge in [-0.2, -0.15) is 0 Å². The molecule has 0 aliphatic rings. The molecular formula is C24H31Cl2N3O5S. The molecule has 2 aromatic rings. The summed E-state index contributed by atoms with van der Waals surface area (Å²) in [7, 11) is -2.15. The zero-order valence-corrected chi connectivity index (χ0v) is 22.6. The van der Waals surface area contributed by atoms with Crippen LogP contribution in [-0.2, 0) is 26.2 Å². The molecular weight excluding hydrogens is 513 g/mol. The van der Waals surface area contributed by atoms with Crippen molar-refractivity contribution in [3.05, 3.63) is 58.1 Å². The largest absolute Gasteiger partial charge is 0.492 e. The summed E-state index contributed by atoms with van der Waals surface area (Å²) in [4.78, 5) is 27.0. The third-order valence-corrected chi connectivity index (χ3v) is 7.28. The second kappa shape index (κ2) is 13.0. The number of hydrogen-bond acceptors (Lipinski definition) is 5. The number of para-hydroxylation sites is 2. The highest BCUT2D eigenvalue weighted by Gasteiger charge is 2.27. The molecule has 0 saturated heterocycles. The topological polar surface area (TPSA) is 96.0 Å². The molecule has 2 aromatic carbocycles. The monoisotopic (exact) mass is 543 g/mol. The van der Waals surface area contributed by atoms with Crippen LogP contribution in [0.2, 0.25) is 10.0 Å². The first-order valence-electron chi connectivity index (χ1n) is 11.1. The maximum atomic E-state index is 13.2. The van der Waals surface area contributed by atoms with Crippen LogP contribution in [0.15, 0.2) is 42.5 Å². The van der Waals surface area contributed by atoms with Crippen LogP contribution in [0, 0.1) is 0 Å². The van der Waals surface area contributed by atoms with Crippen molar-refractivity contribution in [1.82, 2.24) is 10.2 Å². The number of anilines is 1. The molecule has 35 heavy (non-hydrogen) atoms. The predicted octanol–water partition coefficient (Wildman–Crippen LogP) is 4.10. The number of halogens is 2. The fourth-order valence-corrected chi connectivity index (χ4v) is 5.05. The van der Waals surface area contributed by atoms with Crippen molar-refractivity contribution >= 4 is 50.7 Å². The van der Waals surface area contributed by atoms with Gasteiger partial charge in [-0.15, -0.1) is 0 Å². The highest BCUT2D eigenvalue weighted by atomic mass is 35.5. The summed E-state index contributed by atoms with van der Waals surface area (Å²) in [5.74, 6) is -0.233. The summed E-state index contributed by atoms with van der Waals surface area (Å²) < 4.78 is 31.9.